The molecule has 0 aliphatic rings. The standard InChI is InChI=1S/C14H13N3O2S/c1-2-12-16-10-7-9(14(18)19)3-4-11(10)17(12)8-13-15-5-6-20-13/h3-7H,2,8H2,1H3,(H,18,19). The van der Waals surface area contributed by atoms with Gasteiger partial charge in [-0.05, 0) is 18.2 Å². The Labute approximate surface area is 119 Å². The van der Waals surface area contributed by atoms with Gasteiger partial charge in [0.1, 0.15) is 10.8 Å². The number of aromatic carboxylic acids is 1. The van der Waals surface area contributed by atoms with Crippen molar-refractivity contribution in [2.75, 3.05) is 0 Å². The van der Waals surface area contributed by atoms with Crippen molar-refractivity contribution in [3.63, 3.8) is 0 Å². The Morgan fingerprint density at radius 3 is 2.95 bits per heavy atom. The van der Waals surface area contributed by atoms with Crippen molar-refractivity contribution in [3.8, 4) is 0 Å². The molecule has 0 saturated carbocycles. The normalized spacial score (nSPS) is 11.1. The van der Waals surface area contributed by atoms with Crippen molar-refractivity contribution in [1.29, 1.82) is 0 Å². The lowest BCUT2D eigenvalue weighted by Gasteiger charge is -2.05. The van der Waals surface area contributed by atoms with Crippen LogP contribution in [0.3, 0.4) is 0 Å². The summed E-state index contributed by atoms with van der Waals surface area (Å²) in [6.07, 6.45) is 2.58. The van der Waals surface area contributed by atoms with Crippen molar-refractivity contribution in [3.05, 3.63) is 46.2 Å². The van der Waals surface area contributed by atoms with Crippen molar-refractivity contribution >= 4 is 28.3 Å². The number of hydrogen-bond donors (Lipinski definition) is 1. The fraction of sp³-hybridized carbons (Fsp3) is 0.214. The van der Waals surface area contributed by atoms with Gasteiger partial charge in [-0.15, -0.1) is 11.3 Å². The fourth-order valence-electron chi connectivity index (χ4n) is 2.23. The fourth-order valence-corrected chi connectivity index (χ4v) is 2.83. The zero-order valence-electron chi connectivity index (χ0n) is 10.9. The molecule has 6 heteroatoms. The Hall–Kier alpha value is -2.21. The smallest absolute Gasteiger partial charge is 0.335 e. The van der Waals surface area contributed by atoms with Gasteiger partial charge in [0.2, 0.25) is 0 Å². The number of imidazole rings is 1. The van der Waals surface area contributed by atoms with E-state index in [0.29, 0.717) is 6.54 Å². The summed E-state index contributed by atoms with van der Waals surface area (Å²) < 4.78 is 2.10. The highest BCUT2D eigenvalue weighted by molar-refractivity contribution is 7.09. The Kier molecular flexibility index (Phi) is 3.23. The number of aromatic nitrogens is 3. The number of aryl methyl sites for hydroxylation is 1. The van der Waals surface area contributed by atoms with Crippen molar-refractivity contribution in [2.45, 2.75) is 19.9 Å². The van der Waals surface area contributed by atoms with Gasteiger partial charge in [0.25, 0.3) is 0 Å². The molecule has 0 amide bonds. The Morgan fingerprint density at radius 1 is 1.45 bits per heavy atom. The Balaban J connectivity index is 2.12. The maximum atomic E-state index is 11.0. The summed E-state index contributed by atoms with van der Waals surface area (Å²) in [6, 6.07) is 5.05. The lowest BCUT2D eigenvalue weighted by atomic mass is 10.2. The maximum absolute atomic E-state index is 11.0. The minimum absolute atomic E-state index is 0.263. The Bertz CT molecular complexity index is 762. The van der Waals surface area contributed by atoms with E-state index in [2.05, 4.69) is 14.5 Å². The van der Waals surface area contributed by atoms with E-state index >= 15 is 0 Å². The number of hydrogen-bond acceptors (Lipinski definition) is 4. The highest BCUT2D eigenvalue weighted by atomic mass is 32.1. The third-order valence-electron chi connectivity index (χ3n) is 3.17. The van der Waals surface area contributed by atoms with Crippen molar-refractivity contribution in [1.82, 2.24) is 14.5 Å². The molecule has 0 unspecified atom stereocenters. The number of carboxylic acids is 1. The monoisotopic (exact) mass is 287 g/mol. The average Bonchev–Trinajstić information content (AvgIpc) is 3.06. The topological polar surface area (TPSA) is 68.0 Å². The molecule has 0 spiro atoms. The van der Waals surface area contributed by atoms with Crippen LogP contribution in [-0.2, 0) is 13.0 Å². The number of carboxylic acid groups (broad SMARTS) is 1. The molecule has 0 bridgehead atoms. The van der Waals surface area contributed by atoms with Gasteiger partial charge in [-0.3, -0.25) is 0 Å². The van der Waals surface area contributed by atoms with Crippen LogP contribution >= 0.6 is 11.3 Å². The Morgan fingerprint density at radius 2 is 2.30 bits per heavy atom. The molecule has 2 aromatic heterocycles. The zero-order valence-corrected chi connectivity index (χ0v) is 11.7. The third kappa shape index (κ3) is 2.18. The molecule has 0 saturated heterocycles. The second-order valence-electron chi connectivity index (χ2n) is 4.40. The van der Waals surface area contributed by atoms with Gasteiger partial charge >= 0.3 is 5.97 Å². The van der Waals surface area contributed by atoms with Crippen LogP contribution in [0, 0.1) is 0 Å². The summed E-state index contributed by atoms with van der Waals surface area (Å²) in [4.78, 5) is 19.8. The van der Waals surface area contributed by atoms with E-state index in [9.17, 15) is 4.79 Å². The van der Waals surface area contributed by atoms with E-state index in [1.165, 1.54) is 0 Å². The lowest BCUT2D eigenvalue weighted by molar-refractivity contribution is 0.0697. The number of fused-ring (bicyclic) bond motifs is 1. The van der Waals surface area contributed by atoms with E-state index in [1.54, 1.807) is 29.7 Å². The SMILES string of the molecule is CCc1nc2cc(C(=O)O)ccc2n1Cc1nccs1. The van der Waals surface area contributed by atoms with Gasteiger partial charge in [-0.1, -0.05) is 6.92 Å². The second-order valence-corrected chi connectivity index (χ2v) is 5.38. The van der Waals surface area contributed by atoms with Crippen molar-refractivity contribution < 1.29 is 9.90 Å². The summed E-state index contributed by atoms with van der Waals surface area (Å²) in [6.45, 7) is 2.71. The van der Waals surface area contributed by atoms with Gasteiger partial charge < -0.3 is 9.67 Å². The van der Waals surface area contributed by atoms with Crippen LogP contribution in [0.1, 0.15) is 28.1 Å². The van der Waals surface area contributed by atoms with E-state index < -0.39 is 5.97 Å². The molecule has 102 valence electrons. The first-order chi connectivity index (χ1) is 9.69. The van der Waals surface area contributed by atoms with Crippen LogP contribution in [0.25, 0.3) is 11.0 Å². The zero-order chi connectivity index (χ0) is 14.1. The van der Waals surface area contributed by atoms with Crippen LogP contribution in [-0.4, -0.2) is 25.6 Å². The molecule has 3 aromatic rings. The van der Waals surface area contributed by atoms with Gasteiger partial charge in [0.05, 0.1) is 23.1 Å². The van der Waals surface area contributed by atoms with Gasteiger partial charge in [-0.2, -0.15) is 0 Å². The molecule has 2 heterocycles. The molecule has 1 aromatic carbocycles. The predicted octanol–water partition coefficient (Wildman–Crippen LogP) is 2.80. The summed E-state index contributed by atoms with van der Waals surface area (Å²) in [5.74, 6) is 0.0113. The van der Waals surface area contributed by atoms with E-state index in [4.69, 9.17) is 5.11 Å². The number of rotatable bonds is 4. The average molecular weight is 287 g/mol. The van der Waals surface area contributed by atoms with E-state index in [1.807, 2.05) is 18.4 Å². The highest BCUT2D eigenvalue weighted by Crippen LogP contribution is 2.20. The molecule has 0 fully saturated rings. The number of thiazole rings is 1. The first-order valence-electron chi connectivity index (χ1n) is 6.30. The van der Waals surface area contributed by atoms with Crippen LogP contribution < -0.4 is 0 Å². The van der Waals surface area contributed by atoms with Crippen molar-refractivity contribution in [2.24, 2.45) is 0 Å². The first kappa shape index (κ1) is 12.8. The molecule has 5 nitrogen and oxygen atoms in total. The maximum Gasteiger partial charge on any atom is 0.335 e. The van der Waals surface area contributed by atoms with Crippen LogP contribution in [0.4, 0.5) is 0 Å². The van der Waals surface area contributed by atoms with Gasteiger partial charge in [-0.25, -0.2) is 14.8 Å². The predicted molar refractivity (Wildman–Crippen MR) is 77.3 cm³/mol. The molecule has 0 aliphatic heterocycles. The number of carbonyl (C=O) groups is 1. The molecule has 1 N–H and O–H groups in total. The summed E-state index contributed by atoms with van der Waals surface area (Å²) >= 11 is 1.60. The molecule has 20 heavy (non-hydrogen) atoms. The quantitative estimate of drug-likeness (QED) is 0.801. The first-order valence-corrected chi connectivity index (χ1v) is 7.18. The van der Waals surface area contributed by atoms with Crippen LogP contribution in [0.2, 0.25) is 0 Å². The summed E-state index contributed by atoms with van der Waals surface area (Å²) in [5.41, 5.74) is 1.93. The lowest BCUT2D eigenvalue weighted by Crippen LogP contribution is -2.04. The molecular weight excluding hydrogens is 274 g/mol. The summed E-state index contributed by atoms with van der Waals surface area (Å²) in [7, 11) is 0. The van der Waals surface area contributed by atoms with Crippen LogP contribution in [0.5, 0.6) is 0 Å². The molecule has 0 aliphatic carbocycles. The molecule has 0 atom stereocenters. The minimum atomic E-state index is -0.931. The molecular formula is C14H13N3O2S. The third-order valence-corrected chi connectivity index (χ3v) is 3.93. The van der Waals surface area contributed by atoms with E-state index in [0.717, 1.165) is 28.3 Å². The minimum Gasteiger partial charge on any atom is -0.478 e. The van der Waals surface area contributed by atoms with Gasteiger partial charge in [0.15, 0.2) is 0 Å². The second kappa shape index (κ2) is 5.05. The number of benzene rings is 1. The number of nitrogens with zero attached hydrogens (tertiary/aromatic N) is 3. The largest absolute Gasteiger partial charge is 0.478 e. The van der Waals surface area contributed by atoms with Crippen LogP contribution in [0.15, 0.2) is 29.8 Å². The van der Waals surface area contributed by atoms with Gasteiger partial charge in [0, 0.05) is 18.0 Å². The molecule has 0 radical (unpaired) electrons. The van der Waals surface area contributed by atoms with E-state index in [-0.39, 0.29) is 5.56 Å². The highest BCUT2D eigenvalue weighted by Gasteiger charge is 2.13. The summed E-state index contributed by atoms with van der Waals surface area (Å²) in [5, 5.41) is 12.0. The molecule has 3 rings (SSSR count).